The molecule has 0 atom stereocenters. The number of carbonyl (C=O) groups excluding carboxylic acids is 4. The summed E-state index contributed by atoms with van der Waals surface area (Å²) in [6.45, 7) is 6.70. The van der Waals surface area contributed by atoms with E-state index in [1.54, 1.807) is 24.3 Å². The number of benzene rings is 3. The van der Waals surface area contributed by atoms with Crippen molar-refractivity contribution < 1.29 is 28.3 Å². The minimum atomic E-state index is -0.285. The van der Waals surface area contributed by atoms with Crippen LogP contribution in [0, 0.1) is 6.92 Å². The summed E-state index contributed by atoms with van der Waals surface area (Å²) in [6, 6.07) is 21.0. The number of imidazole rings is 1. The van der Waals surface area contributed by atoms with Crippen LogP contribution in [-0.2, 0) is 27.9 Å². The molecule has 1 aliphatic rings. The lowest BCUT2D eigenvalue weighted by atomic mass is 10.0. The Balaban J connectivity index is 0.866. The molecule has 3 aromatic carbocycles. The number of H-pyrrole nitrogens is 1. The number of fused-ring (bicyclic) bond motifs is 2. The van der Waals surface area contributed by atoms with Gasteiger partial charge >= 0.3 is 0 Å². The van der Waals surface area contributed by atoms with Gasteiger partial charge in [0.1, 0.15) is 18.1 Å². The van der Waals surface area contributed by atoms with E-state index in [0.717, 1.165) is 33.1 Å². The number of furan rings is 1. The molecule has 282 valence electrons. The molecule has 0 aliphatic carbocycles. The zero-order valence-electron chi connectivity index (χ0n) is 30.5. The molecule has 1 fully saturated rings. The molecule has 1 aliphatic heterocycles. The molecular weight excluding hydrogens is 722 g/mol. The van der Waals surface area contributed by atoms with E-state index in [4.69, 9.17) is 20.8 Å². The number of amides is 4. The number of nitrogens with zero attached hydrogens (tertiary/aromatic N) is 4. The Kier molecular flexibility index (Phi) is 10.7. The fraction of sp³-hybridized carbons (Fsp3) is 0.244. The first kappa shape index (κ1) is 37.0. The number of aromatic amines is 1. The fourth-order valence-corrected chi connectivity index (χ4v) is 6.83. The Morgan fingerprint density at radius 3 is 2.69 bits per heavy atom. The number of piperazine rings is 1. The molecule has 1 saturated heterocycles. The normalized spacial score (nSPS) is 13.0. The van der Waals surface area contributed by atoms with Crippen molar-refractivity contribution >= 4 is 63.1 Å². The minimum absolute atomic E-state index is 0.0423. The average molecular weight is 762 g/mol. The van der Waals surface area contributed by atoms with Crippen molar-refractivity contribution in [2.24, 2.45) is 7.05 Å². The SMILES string of the molecule is C=CC(=O)N1CCN(c2ccc(CCC(=O)NCCCNC(=O)c3cc(Oc4nc5cc(-c6ccc7c(ccn7C)c6)c(Cl)cc5[nH]4)ccc3C)o2)C(=O)C1. The van der Waals surface area contributed by atoms with Gasteiger partial charge in [0.05, 0.1) is 16.1 Å². The zero-order chi connectivity index (χ0) is 38.6. The van der Waals surface area contributed by atoms with Crippen LogP contribution < -0.4 is 20.3 Å². The third kappa shape index (κ3) is 8.26. The van der Waals surface area contributed by atoms with Gasteiger partial charge in [-0.2, -0.15) is 4.98 Å². The molecule has 6 aromatic rings. The summed E-state index contributed by atoms with van der Waals surface area (Å²) < 4.78 is 13.9. The molecule has 0 spiro atoms. The summed E-state index contributed by atoms with van der Waals surface area (Å²) in [5, 5.41) is 7.48. The highest BCUT2D eigenvalue weighted by Gasteiger charge is 2.28. The molecule has 0 bridgehead atoms. The molecule has 0 unspecified atom stereocenters. The standard InChI is InChI=1S/C41H40ClN7O6/c1-4-37(51)48-18-19-49(38(52)24-48)39-13-10-28(54-39)9-12-36(50)43-15-5-16-44-40(53)30-21-29(8-6-25(30)2)55-41-45-33-22-31(32(42)23-34(33)46-41)26-7-11-35-27(20-26)14-17-47(35)3/h4,6-8,10-11,13-14,17,20-23H,1,5,9,12,15-16,18-19,24H2,2-3H3,(H,43,50)(H,44,53)(H,45,46). The van der Waals surface area contributed by atoms with Crippen molar-refractivity contribution in [3.8, 4) is 22.9 Å². The highest BCUT2D eigenvalue weighted by Crippen LogP contribution is 2.35. The summed E-state index contributed by atoms with van der Waals surface area (Å²) in [4.78, 5) is 60.7. The number of hydrogen-bond donors (Lipinski definition) is 3. The van der Waals surface area contributed by atoms with Crippen LogP contribution in [0.5, 0.6) is 11.8 Å². The molecular formula is C41H40ClN7O6. The summed E-state index contributed by atoms with van der Waals surface area (Å²) in [5.74, 6) is 0.465. The Morgan fingerprint density at radius 2 is 1.87 bits per heavy atom. The first-order valence-electron chi connectivity index (χ1n) is 17.9. The second-order valence-electron chi connectivity index (χ2n) is 13.4. The van der Waals surface area contributed by atoms with Gasteiger partial charge in [-0.25, -0.2) is 0 Å². The van der Waals surface area contributed by atoms with Crippen LogP contribution in [-0.4, -0.2) is 75.8 Å². The number of carbonyl (C=O) groups is 4. The van der Waals surface area contributed by atoms with E-state index < -0.39 is 0 Å². The van der Waals surface area contributed by atoms with Crippen molar-refractivity contribution in [2.45, 2.75) is 26.2 Å². The first-order chi connectivity index (χ1) is 26.6. The smallest absolute Gasteiger partial charge is 0.300 e. The van der Waals surface area contributed by atoms with Crippen molar-refractivity contribution in [3.63, 3.8) is 0 Å². The molecule has 3 aromatic heterocycles. The zero-order valence-corrected chi connectivity index (χ0v) is 31.2. The maximum atomic E-state index is 13.1. The minimum Gasteiger partial charge on any atom is -0.445 e. The third-order valence-electron chi connectivity index (χ3n) is 9.59. The van der Waals surface area contributed by atoms with Crippen molar-refractivity contribution in [1.29, 1.82) is 0 Å². The molecule has 7 rings (SSSR count). The summed E-state index contributed by atoms with van der Waals surface area (Å²) in [6.07, 6.45) is 4.30. The van der Waals surface area contributed by atoms with Crippen molar-refractivity contribution in [1.82, 2.24) is 30.1 Å². The molecule has 14 heteroatoms. The van der Waals surface area contributed by atoms with Gasteiger partial charge in [0.25, 0.3) is 11.9 Å². The third-order valence-corrected chi connectivity index (χ3v) is 9.91. The lowest BCUT2D eigenvalue weighted by Gasteiger charge is -2.32. The van der Waals surface area contributed by atoms with Gasteiger partial charge in [-0.1, -0.05) is 30.3 Å². The van der Waals surface area contributed by atoms with Gasteiger partial charge < -0.3 is 34.2 Å². The van der Waals surface area contributed by atoms with Crippen LogP contribution in [0.2, 0.25) is 5.02 Å². The van der Waals surface area contributed by atoms with Crippen molar-refractivity contribution in [3.05, 3.63) is 107 Å². The Bertz CT molecular complexity index is 2450. The number of hydrogen-bond acceptors (Lipinski definition) is 7. The van der Waals surface area contributed by atoms with Crippen LogP contribution >= 0.6 is 11.6 Å². The quantitative estimate of drug-likeness (QED) is 0.0922. The summed E-state index contributed by atoms with van der Waals surface area (Å²) in [7, 11) is 2.01. The van der Waals surface area contributed by atoms with E-state index in [9.17, 15) is 19.2 Å². The summed E-state index contributed by atoms with van der Waals surface area (Å²) in [5.41, 5.74) is 5.64. The largest absolute Gasteiger partial charge is 0.445 e. The molecule has 4 heterocycles. The monoisotopic (exact) mass is 761 g/mol. The van der Waals surface area contributed by atoms with Crippen LogP contribution in [0.1, 0.15) is 34.5 Å². The Morgan fingerprint density at radius 1 is 1.04 bits per heavy atom. The molecule has 4 amide bonds. The van der Waals surface area contributed by atoms with Gasteiger partial charge in [0, 0.05) is 80.4 Å². The van der Waals surface area contributed by atoms with Gasteiger partial charge in [-0.15, -0.1) is 0 Å². The number of ether oxygens (including phenoxy) is 1. The number of rotatable bonds is 13. The Labute approximate surface area is 321 Å². The molecule has 55 heavy (non-hydrogen) atoms. The number of halogens is 1. The van der Waals surface area contributed by atoms with Crippen LogP contribution in [0.3, 0.4) is 0 Å². The summed E-state index contributed by atoms with van der Waals surface area (Å²) >= 11 is 6.71. The molecule has 0 saturated carbocycles. The first-order valence-corrected chi connectivity index (χ1v) is 18.3. The molecule has 13 nitrogen and oxygen atoms in total. The maximum Gasteiger partial charge on any atom is 0.300 e. The van der Waals surface area contributed by atoms with Gasteiger partial charge in [-0.3, -0.25) is 24.1 Å². The van der Waals surface area contributed by atoms with E-state index in [-0.39, 0.29) is 42.6 Å². The predicted octanol–water partition coefficient (Wildman–Crippen LogP) is 6.30. The van der Waals surface area contributed by atoms with E-state index in [1.807, 2.05) is 44.4 Å². The van der Waals surface area contributed by atoms with E-state index in [0.29, 0.717) is 72.5 Å². The van der Waals surface area contributed by atoms with Gasteiger partial charge in [-0.05, 0) is 79.1 Å². The second kappa shape index (κ2) is 15.9. The number of nitrogens with one attached hydrogen (secondary N) is 3. The highest BCUT2D eigenvalue weighted by molar-refractivity contribution is 6.34. The number of aromatic nitrogens is 3. The predicted molar refractivity (Wildman–Crippen MR) is 210 cm³/mol. The topological polar surface area (TPSA) is 155 Å². The van der Waals surface area contributed by atoms with Crippen LogP contribution in [0.15, 0.2) is 90.0 Å². The van der Waals surface area contributed by atoms with Crippen LogP contribution in [0.4, 0.5) is 5.88 Å². The molecule has 0 radical (unpaired) electrons. The number of anilines is 1. The fourth-order valence-electron chi connectivity index (χ4n) is 6.55. The van der Waals surface area contributed by atoms with E-state index >= 15 is 0 Å². The van der Waals surface area contributed by atoms with Gasteiger partial charge in [0.15, 0.2) is 0 Å². The molecule has 3 N–H and O–H groups in total. The van der Waals surface area contributed by atoms with Crippen LogP contribution in [0.25, 0.3) is 33.1 Å². The second-order valence-corrected chi connectivity index (χ2v) is 13.8. The highest BCUT2D eigenvalue weighted by atomic mass is 35.5. The van der Waals surface area contributed by atoms with Crippen molar-refractivity contribution in [2.75, 3.05) is 37.6 Å². The van der Waals surface area contributed by atoms with E-state index in [1.165, 1.54) is 15.9 Å². The average Bonchev–Trinajstić information content (AvgIpc) is 3.91. The lowest BCUT2D eigenvalue weighted by molar-refractivity contribution is -0.133. The lowest BCUT2D eigenvalue weighted by Crippen LogP contribution is -2.52. The van der Waals surface area contributed by atoms with Gasteiger partial charge in [0.2, 0.25) is 23.6 Å². The maximum absolute atomic E-state index is 13.1. The van der Waals surface area contributed by atoms with E-state index in [2.05, 4.69) is 49.9 Å². The Hall–Kier alpha value is -6.34. The number of aryl methyl sites for hydroxylation is 3.